The number of nitrogens with one attached hydrogen (secondary N) is 1. The fourth-order valence-electron chi connectivity index (χ4n) is 7.20. The van der Waals surface area contributed by atoms with Crippen LogP contribution in [0.5, 0.6) is 17.2 Å². The molecule has 2 aromatic carbocycles. The Morgan fingerprint density at radius 3 is 2.24 bits per heavy atom. The number of hydrogen-bond acceptors (Lipinski definition) is 18. The molecule has 2 aliphatic heterocycles. The van der Waals surface area contributed by atoms with Crippen molar-refractivity contribution in [2.24, 2.45) is 0 Å². The molecular formula is C34H36NNaO18. The number of carboxylic acids is 1. The first-order valence-corrected chi connectivity index (χ1v) is 16.4. The smallest absolute Gasteiger partial charge is 0.547 e. The van der Waals surface area contributed by atoms with Gasteiger partial charge in [-0.2, -0.15) is 0 Å². The molecule has 1 amide bonds. The third-order valence-electron chi connectivity index (χ3n) is 10.1. The number of carbonyl (C=O) groups excluding carboxylic acids is 5. The number of phenols is 2. The number of carboxylic acid groups (broad SMARTS) is 1. The van der Waals surface area contributed by atoms with Gasteiger partial charge in [0.2, 0.25) is 12.1 Å². The minimum Gasteiger partial charge on any atom is -0.547 e. The van der Waals surface area contributed by atoms with E-state index in [0.29, 0.717) is 0 Å². The number of methoxy groups -OCH3 is 1. The molecule has 2 heterocycles. The van der Waals surface area contributed by atoms with Crippen molar-refractivity contribution in [1.29, 1.82) is 0 Å². The van der Waals surface area contributed by atoms with Crippen LogP contribution in [0.1, 0.15) is 75.8 Å². The van der Waals surface area contributed by atoms with Gasteiger partial charge in [0.1, 0.15) is 53.4 Å². The van der Waals surface area contributed by atoms with Crippen molar-refractivity contribution in [3.63, 3.8) is 0 Å². The van der Waals surface area contributed by atoms with E-state index in [1.54, 1.807) is 0 Å². The minimum absolute atomic E-state index is 0. The summed E-state index contributed by atoms with van der Waals surface area (Å²) >= 11 is 0. The van der Waals surface area contributed by atoms with Crippen LogP contribution in [0, 0.1) is 0 Å². The number of benzene rings is 2. The van der Waals surface area contributed by atoms with Crippen molar-refractivity contribution in [3.05, 3.63) is 51.6 Å². The van der Waals surface area contributed by atoms with Crippen LogP contribution < -0.4 is 44.7 Å². The zero-order chi connectivity index (χ0) is 38.8. The number of alkyl carbamates (subject to hydrolysis) is 1. The van der Waals surface area contributed by atoms with Gasteiger partial charge in [-0.05, 0) is 19.9 Å². The average Bonchev–Trinajstić information content (AvgIpc) is 3.10. The van der Waals surface area contributed by atoms with Crippen LogP contribution in [0.25, 0.3) is 0 Å². The second-order valence-electron chi connectivity index (χ2n) is 13.3. The molecule has 0 saturated carbocycles. The monoisotopic (exact) mass is 769 g/mol. The number of carbonyl (C=O) groups is 5. The summed E-state index contributed by atoms with van der Waals surface area (Å²) in [7, 11) is 1.28. The van der Waals surface area contributed by atoms with Crippen molar-refractivity contribution in [1.82, 2.24) is 5.32 Å². The topological polar surface area (TPSA) is 308 Å². The minimum atomic E-state index is -2.21. The standard InChI is InChI=1S/C34H37NO18.Na/c1-10-22(37)14(35-33(47)53-32-29(44)27(42)28(43)30(52-32)31(45)46)7-17(50-10)51-16-9-34(48,11(2)36)8-13-19(16)26(41)21-20(24(13)39)23(38)12-5-4-6-15(49-3)18(12)25(21)40;/h4-6,10,14,16-17,22,27-30,32,37,39,41-44,48H,7-9H2,1-3H3,(H,35,47)(H,45,46);/q;+1/p-1/t10-,14+,16-,17-,22+,27-,28-,29-,30+,32-,34-;/m0./s1. The van der Waals surface area contributed by atoms with Crippen molar-refractivity contribution in [2.75, 3.05) is 7.11 Å². The molecule has 0 spiro atoms. The summed E-state index contributed by atoms with van der Waals surface area (Å²) in [5, 5.41) is 89.1. The van der Waals surface area contributed by atoms with Crippen molar-refractivity contribution >= 4 is 29.4 Å². The van der Waals surface area contributed by atoms with E-state index in [0.717, 1.165) is 6.92 Å². The molecule has 20 heteroatoms. The molecule has 54 heavy (non-hydrogen) atoms. The van der Waals surface area contributed by atoms with Gasteiger partial charge in [0.05, 0.1) is 48.0 Å². The van der Waals surface area contributed by atoms with Crippen molar-refractivity contribution in [3.8, 4) is 17.2 Å². The fraction of sp³-hybridized carbons (Fsp3) is 0.500. The van der Waals surface area contributed by atoms with Crippen LogP contribution >= 0.6 is 0 Å². The molecule has 19 nitrogen and oxygen atoms in total. The predicted molar refractivity (Wildman–Crippen MR) is 167 cm³/mol. The first kappa shape index (κ1) is 41.4. The maximum Gasteiger partial charge on any atom is 1.00 e. The molecule has 2 saturated heterocycles. The number of rotatable bonds is 7. The number of Topliss-reactive ketones (excluding diaryl/α,β-unsaturated/α-hetero) is 1. The number of fused-ring (bicyclic) bond motifs is 3. The van der Waals surface area contributed by atoms with E-state index in [9.17, 15) is 64.8 Å². The summed E-state index contributed by atoms with van der Waals surface area (Å²) in [6, 6.07) is 2.96. The number of aliphatic carboxylic acids is 1. The molecule has 8 N–H and O–H groups in total. The van der Waals surface area contributed by atoms with Gasteiger partial charge in [0.25, 0.3) is 0 Å². The number of aliphatic hydroxyl groups is 5. The van der Waals surface area contributed by atoms with Crippen LogP contribution in [-0.4, -0.2) is 133 Å². The largest absolute Gasteiger partial charge is 1.00 e. The maximum atomic E-state index is 13.9. The zero-order valence-electron chi connectivity index (χ0n) is 29.2. The van der Waals surface area contributed by atoms with Gasteiger partial charge >= 0.3 is 35.7 Å². The number of aliphatic hydroxyl groups excluding tert-OH is 4. The Labute approximate surface area is 327 Å². The Morgan fingerprint density at radius 2 is 1.61 bits per heavy atom. The Kier molecular flexibility index (Phi) is 11.8. The van der Waals surface area contributed by atoms with Gasteiger partial charge in [-0.3, -0.25) is 14.4 Å². The second-order valence-corrected chi connectivity index (χ2v) is 13.3. The van der Waals surface area contributed by atoms with Crippen molar-refractivity contribution < 1.29 is 118 Å². The molecule has 0 aromatic heterocycles. The van der Waals surface area contributed by atoms with Gasteiger partial charge in [-0.15, -0.1) is 0 Å². The molecule has 0 bridgehead atoms. The van der Waals surface area contributed by atoms with Crippen LogP contribution in [0.4, 0.5) is 4.79 Å². The van der Waals surface area contributed by atoms with E-state index in [4.69, 9.17) is 23.7 Å². The molecular weight excluding hydrogens is 733 g/mol. The van der Waals surface area contributed by atoms with E-state index < -0.39 is 132 Å². The van der Waals surface area contributed by atoms with E-state index in [-0.39, 0.29) is 64.0 Å². The van der Waals surface area contributed by atoms with Gasteiger partial charge in [-0.1, -0.05) is 12.1 Å². The number of ketones is 3. The van der Waals surface area contributed by atoms with Crippen LogP contribution in [0.3, 0.4) is 0 Å². The molecule has 11 atom stereocenters. The summed E-state index contributed by atoms with van der Waals surface area (Å²) < 4.78 is 27.0. The van der Waals surface area contributed by atoms with Crippen LogP contribution in [-0.2, 0) is 35.0 Å². The number of ether oxygens (including phenoxy) is 5. The van der Waals surface area contributed by atoms with E-state index in [1.165, 1.54) is 32.2 Å². The quantitative estimate of drug-likeness (QED) is 0.0820. The Bertz CT molecular complexity index is 1890. The summed E-state index contributed by atoms with van der Waals surface area (Å²) in [5.41, 5.74) is -4.08. The molecule has 0 unspecified atom stereocenters. The number of aromatic hydroxyl groups is 2. The Morgan fingerprint density at radius 1 is 0.944 bits per heavy atom. The number of hydrogen-bond donors (Lipinski definition) is 8. The van der Waals surface area contributed by atoms with E-state index in [1.807, 2.05) is 0 Å². The molecule has 286 valence electrons. The Balaban J connectivity index is 0.00000561. The predicted octanol–water partition coefficient (Wildman–Crippen LogP) is -5.64. The summed E-state index contributed by atoms with van der Waals surface area (Å²) in [6.45, 7) is 2.48. The van der Waals surface area contributed by atoms with E-state index >= 15 is 0 Å². The average molecular weight is 770 g/mol. The zero-order valence-corrected chi connectivity index (χ0v) is 31.2. The van der Waals surface area contributed by atoms with Gasteiger partial charge in [-0.25, -0.2) is 4.79 Å². The number of amides is 1. The van der Waals surface area contributed by atoms with Gasteiger partial charge in [0, 0.05) is 36.0 Å². The molecule has 2 aliphatic carbocycles. The second kappa shape index (κ2) is 15.4. The molecule has 2 fully saturated rings. The Hall–Kier alpha value is -3.73. The van der Waals surface area contributed by atoms with Gasteiger partial charge < -0.3 is 74.6 Å². The summed E-state index contributed by atoms with van der Waals surface area (Å²) in [5.74, 6) is -5.92. The maximum absolute atomic E-state index is 13.9. The summed E-state index contributed by atoms with van der Waals surface area (Å²) in [4.78, 5) is 64.5. The molecule has 4 aliphatic rings. The first-order valence-electron chi connectivity index (χ1n) is 16.4. The third-order valence-corrected chi connectivity index (χ3v) is 10.1. The van der Waals surface area contributed by atoms with E-state index in [2.05, 4.69) is 5.32 Å². The van der Waals surface area contributed by atoms with Crippen LogP contribution in [0.2, 0.25) is 0 Å². The molecule has 0 radical (unpaired) electrons. The fourth-order valence-corrected chi connectivity index (χ4v) is 7.20. The third kappa shape index (κ3) is 6.98. The van der Waals surface area contributed by atoms with Crippen LogP contribution in [0.15, 0.2) is 18.2 Å². The summed E-state index contributed by atoms with van der Waals surface area (Å²) in [6.07, 6.45) is -18.9. The molecule has 6 rings (SSSR count). The molecule has 2 aromatic rings. The van der Waals surface area contributed by atoms with Crippen molar-refractivity contribution in [2.45, 2.75) is 100 Å². The SMILES string of the molecule is COc1cccc2c1C(=O)c1c(O)c3c(c(O)c1C2=O)C[C@@](O)(C(C)=O)C[C@@H]3O[C@H]1C[C@@H](NC(=O)O[C@@H]2O[C@@H](C(=O)[O-])[C@@H](O)[C@H](O)[C@@H]2O)[C@H](O)[C@H](C)O1.[Na+]. The normalized spacial score (nSPS) is 33.0. The number of phenolic OH excluding ortho intramolecular Hbond substituents is 2. The van der Waals surface area contributed by atoms with Gasteiger partial charge in [0.15, 0.2) is 17.9 Å². The first-order chi connectivity index (χ1) is 24.9.